The normalized spacial score (nSPS) is 23.1. The van der Waals surface area contributed by atoms with E-state index in [2.05, 4.69) is 5.32 Å². The van der Waals surface area contributed by atoms with Gasteiger partial charge in [0.05, 0.1) is 6.42 Å². The summed E-state index contributed by atoms with van der Waals surface area (Å²) < 4.78 is 0. The van der Waals surface area contributed by atoms with Crippen LogP contribution in [0.25, 0.3) is 0 Å². The lowest BCUT2D eigenvalue weighted by Crippen LogP contribution is -2.40. The third-order valence-corrected chi connectivity index (χ3v) is 4.10. The molecule has 3 N–H and O–H groups in total. The standard InChI is InChI=1S/C12H18N2OS.ClH/c13-8-9-3-1-5-11(9)14-12(15)7-10-4-2-6-16-10;/h2,4,6,9,11H,1,3,5,7-8,13H2,(H,14,15);1H. The van der Waals surface area contributed by atoms with Gasteiger partial charge in [-0.25, -0.2) is 0 Å². The van der Waals surface area contributed by atoms with Crippen LogP contribution in [-0.4, -0.2) is 18.5 Å². The quantitative estimate of drug-likeness (QED) is 0.882. The number of carbonyl (C=O) groups is 1. The van der Waals surface area contributed by atoms with Gasteiger partial charge in [-0.15, -0.1) is 23.7 Å². The Balaban J connectivity index is 0.00000144. The number of halogens is 1. The first-order chi connectivity index (χ1) is 7.79. The van der Waals surface area contributed by atoms with Crippen molar-refractivity contribution in [1.29, 1.82) is 0 Å². The van der Waals surface area contributed by atoms with Crippen LogP contribution in [0, 0.1) is 5.92 Å². The minimum absolute atomic E-state index is 0. The Labute approximate surface area is 112 Å². The maximum Gasteiger partial charge on any atom is 0.225 e. The average Bonchev–Trinajstić information content (AvgIpc) is 2.88. The molecule has 5 heteroatoms. The zero-order chi connectivity index (χ0) is 11.4. The van der Waals surface area contributed by atoms with Gasteiger partial charge in [-0.3, -0.25) is 4.79 Å². The Morgan fingerprint density at radius 3 is 3.00 bits per heavy atom. The van der Waals surface area contributed by atoms with E-state index in [1.807, 2.05) is 17.5 Å². The molecule has 1 fully saturated rings. The van der Waals surface area contributed by atoms with E-state index in [0.29, 0.717) is 24.9 Å². The van der Waals surface area contributed by atoms with Crippen molar-refractivity contribution in [3.63, 3.8) is 0 Å². The van der Waals surface area contributed by atoms with E-state index in [1.54, 1.807) is 11.3 Å². The number of rotatable bonds is 4. The smallest absolute Gasteiger partial charge is 0.225 e. The van der Waals surface area contributed by atoms with E-state index in [-0.39, 0.29) is 18.3 Å². The molecular weight excluding hydrogens is 256 g/mol. The second-order valence-corrected chi connectivity index (χ2v) is 5.39. The molecule has 0 saturated heterocycles. The van der Waals surface area contributed by atoms with Crippen LogP contribution in [0.5, 0.6) is 0 Å². The average molecular weight is 275 g/mol. The monoisotopic (exact) mass is 274 g/mol. The summed E-state index contributed by atoms with van der Waals surface area (Å²) in [4.78, 5) is 12.9. The van der Waals surface area contributed by atoms with Crippen LogP contribution >= 0.6 is 23.7 Å². The number of amides is 1. The van der Waals surface area contributed by atoms with Gasteiger partial charge in [-0.1, -0.05) is 12.5 Å². The fourth-order valence-electron chi connectivity index (χ4n) is 2.34. The lowest BCUT2D eigenvalue weighted by atomic mass is 10.0. The highest BCUT2D eigenvalue weighted by molar-refractivity contribution is 7.10. The van der Waals surface area contributed by atoms with Crippen LogP contribution in [0.3, 0.4) is 0 Å². The van der Waals surface area contributed by atoms with E-state index >= 15 is 0 Å². The van der Waals surface area contributed by atoms with Crippen molar-refractivity contribution in [2.45, 2.75) is 31.7 Å². The lowest BCUT2D eigenvalue weighted by Gasteiger charge is -2.19. The molecule has 0 bridgehead atoms. The van der Waals surface area contributed by atoms with Crippen LogP contribution in [0.2, 0.25) is 0 Å². The van der Waals surface area contributed by atoms with Gasteiger partial charge in [0.25, 0.3) is 0 Å². The van der Waals surface area contributed by atoms with E-state index in [9.17, 15) is 4.79 Å². The minimum Gasteiger partial charge on any atom is -0.353 e. The number of carbonyl (C=O) groups excluding carboxylic acids is 1. The molecule has 1 aliphatic carbocycles. The summed E-state index contributed by atoms with van der Waals surface area (Å²) in [6.45, 7) is 0.684. The predicted octanol–water partition coefficient (Wildman–Crippen LogP) is 1.96. The molecule has 0 spiro atoms. The molecule has 1 saturated carbocycles. The molecule has 1 amide bonds. The number of nitrogens with two attached hydrogens (primary N) is 1. The van der Waals surface area contributed by atoms with Crippen LogP contribution in [0.1, 0.15) is 24.1 Å². The van der Waals surface area contributed by atoms with Crippen molar-refractivity contribution in [3.05, 3.63) is 22.4 Å². The highest BCUT2D eigenvalue weighted by Crippen LogP contribution is 2.24. The van der Waals surface area contributed by atoms with Gasteiger partial charge in [0.15, 0.2) is 0 Å². The second-order valence-electron chi connectivity index (χ2n) is 4.36. The SMILES string of the molecule is Cl.NCC1CCCC1NC(=O)Cc1cccs1. The predicted molar refractivity (Wildman–Crippen MR) is 73.6 cm³/mol. The van der Waals surface area contributed by atoms with Gasteiger partial charge in [0, 0.05) is 10.9 Å². The van der Waals surface area contributed by atoms with Crippen molar-refractivity contribution in [2.75, 3.05) is 6.54 Å². The van der Waals surface area contributed by atoms with Crippen LogP contribution in [0.15, 0.2) is 17.5 Å². The topological polar surface area (TPSA) is 55.1 Å². The first-order valence-electron chi connectivity index (χ1n) is 5.81. The van der Waals surface area contributed by atoms with E-state index in [0.717, 1.165) is 17.7 Å². The lowest BCUT2D eigenvalue weighted by molar-refractivity contribution is -0.121. The fraction of sp³-hybridized carbons (Fsp3) is 0.583. The fourth-order valence-corrected chi connectivity index (χ4v) is 3.04. The third kappa shape index (κ3) is 3.98. The highest BCUT2D eigenvalue weighted by Gasteiger charge is 2.27. The number of thiophene rings is 1. The minimum atomic E-state index is 0. The summed E-state index contributed by atoms with van der Waals surface area (Å²) in [6, 6.07) is 4.28. The molecule has 0 radical (unpaired) electrons. The Hall–Kier alpha value is -0.580. The maximum atomic E-state index is 11.8. The molecule has 1 aromatic rings. The number of hydrogen-bond acceptors (Lipinski definition) is 3. The molecule has 1 aliphatic rings. The maximum absolute atomic E-state index is 11.8. The van der Waals surface area contributed by atoms with Gasteiger partial charge in [-0.05, 0) is 36.8 Å². The molecule has 2 unspecified atom stereocenters. The Bertz CT molecular complexity index is 342. The summed E-state index contributed by atoms with van der Waals surface area (Å²) in [5.74, 6) is 0.611. The molecule has 1 aromatic heterocycles. The van der Waals surface area contributed by atoms with Gasteiger partial charge in [0.1, 0.15) is 0 Å². The van der Waals surface area contributed by atoms with Crippen molar-refractivity contribution >= 4 is 29.7 Å². The second kappa shape index (κ2) is 6.99. The molecule has 3 nitrogen and oxygen atoms in total. The van der Waals surface area contributed by atoms with Crippen LogP contribution in [-0.2, 0) is 11.2 Å². The van der Waals surface area contributed by atoms with E-state index in [4.69, 9.17) is 5.73 Å². The summed E-state index contributed by atoms with van der Waals surface area (Å²) in [6.07, 6.45) is 3.93. The summed E-state index contributed by atoms with van der Waals surface area (Å²) in [5, 5.41) is 5.11. The van der Waals surface area contributed by atoms with Gasteiger partial charge >= 0.3 is 0 Å². The number of hydrogen-bond donors (Lipinski definition) is 2. The molecule has 1 heterocycles. The van der Waals surface area contributed by atoms with Crippen molar-refractivity contribution in [1.82, 2.24) is 5.32 Å². The molecule has 2 atom stereocenters. The molecule has 2 rings (SSSR count). The van der Waals surface area contributed by atoms with Crippen molar-refractivity contribution in [2.24, 2.45) is 11.7 Å². The summed E-state index contributed by atoms with van der Waals surface area (Å²) in [7, 11) is 0. The zero-order valence-corrected chi connectivity index (χ0v) is 11.4. The van der Waals surface area contributed by atoms with Crippen LogP contribution in [0.4, 0.5) is 0 Å². The van der Waals surface area contributed by atoms with E-state index in [1.165, 1.54) is 6.42 Å². The van der Waals surface area contributed by atoms with Gasteiger partial charge < -0.3 is 11.1 Å². The third-order valence-electron chi connectivity index (χ3n) is 3.22. The van der Waals surface area contributed by atoms with Gasteiger partial charge in [-0.2, -0.15) is 0 Å². The largest absolute Gasteiger partial charge is 0.353 e. The Kier molecular flexibility index (Phi) is 5.95. The highest BCUT2D eigenvalue weighted by atomic mass is 35.5. The van der Waals surface area contributed by atoms with Crippen LogP contribution < -0.4 is 11.1 Å². The molecule has 96 valence electrons. The first kappa shape index (κ1) is 14.5. The summed E-state index contributed by atoms with van der Waals surface area (Å²) in [5.41, 5.74) is 5.69. The Morgan fingerprint density at radius 1 is 1.53 bits per heavy atom. The Morgan fingerprint density at radius 2 is 2.35 bits per heavy atom. The van der Waals surface area contributed by atoms with Crippen molar-refractivity contribution in [3.8, 4) is 0 Å². The van der Waals surface area contributed by atoms with E-state index < -0.39 is 0 Å². The molecular formula is C12H19ClN2OS. The molecule has 0 aromatic carbocycles. The first-order valence-corrected chi connectivity index (χ1v) is 6.69. The van der Waals surface area contributed by atoms with Crippen molar-refractivity contribution < 1.29 is 4.79 Å². The number of nitrogens with one attached hydrogen (secondary N) is 1. The molecule has 0 aliphatic heterocycles. The van der Waals surface area contributed by atoms with Gasteiger partial charge in [0.2, 0.25) is 5.91 Å². The zero-order valence-electron chi connectivity index (χ0n) is 9.72. The molecule has 17 heavy (non-hydrogen) atoms. The summed E-state index contributed by atoms with van der Waals surface area (Å²) >= 11 is 1.63.